The molecule has 124 valence electrons. The van der Waals surface area contributed by atoms with Crippen LogP contribution in [0.15, 0.2) is 22.6 Å². The first-order chi connectivity index (χ1) is 10.8. The Morgan fingerprint density at radius 2 is 1.96 bits per heavy atom. The number of hydrogen-bond donors (Lipinski definition) is 1. The molecule has 0 aliphatic rings. The van der Waals surface area contributed by atoms with Gasteiger partial charge >= 0.3 is 5.97 Å². The molecule has 1 amide bonds. The lowest BCUT2D eigenvalue weighted by Crippen LogP contribution is -2.36. The molecule has 1 aromatic carbocycles. The molecule has 1 heterocycles. The number of aliphatic carboxylic acids is 1. The average Bonchev–Trinajstić information content (AvgIpc) is 2.81. The van der Waals surface area contributed by atoms with Crippen LogP contribution in [0.1, 0.15) is 41.9 Å². The van der Waals surface area contributed by atoms with Crippen LogP contribution in [0.25, 0.3) is 11.0 Å². The summed E-state index contributed by atoms with van der Waals surface area (Å²) in [6.07, 6.45) is -0.0727. The largest absolute Gasteiger partial charge is 0.481 e. The molecule has 2 rings (SSSR count). The van der Waals surface area contributed by atoms with Gasteiger partial charge in [-0.15, -0.1) is 0 Å². The topological polar surface area (TPSA) is 70.8 Å². The lowest BCUT2D eigenvalue weighted by molar-refractivity contribution is -0.137. The molecule has 0 atom stereocenters. The van der Waals surface area contributed by atoms with Gasteiger partial charge in [0.15, 0.2) is 5.76 Å². The molecule has 0 aliphatic heterocycles. The van der Waals surface area contributed by atoms with E-state index in [-0.39, 0.29) is 24.8 Å². The van der Waals surface area contributed by atoms with Crippen molar-refractivity contribution in [3.05, 3.63) is 35.1 Å². The number of para-hydroxylation sites is 1. The molecular formula is C18H23NO4. The normalized spacial score (nSPS) is 11.2. The third kappa shape index (κ3) is 3.73. The molecule has 0 saturated carbocycles. The molecule has 23 heavy (non-hydrogen) atoms. The standard InChI is InChI=1S/C18H23NO4/c1-11(2)10-19(9-8-15(20)21)18(22)17-13(4)14-7-5-6-12(3)16(14)23-17/h5-7,11H,8-10H2,1-4H3,(H,20,21). The lowest BCUT2D eigenvalue weighted by atomic mass is 10.1. The van der Waals surface area contributed by atoms with Gasteiger partial charge in [0.1, 0.15) is 5.58 Å². The summed E-state index contributed by atoms with van der Waals surface area (Å²) in [6.45, 7) is 8.48. The second-order valence-corrected chi connectivity index (χ2v) is 6.30. The van der Waals surface area contributed by atoms with Crippen LogP contribution in [-0.2, 0) is 4.79 Å². The molecule has 5 heteroatoms. The molecule has 0 unspecified atom stereocenters. The number of nitrogens with zero attached hydrogens (tertiary/aromatic N) is 1. The van der Waals surface area contributed by atoms with Crippen molar-refractivity contribution < 1.29 is 19.1 Å². The van der Waals surface area contributed by atoms with Crippen molar-refractivity contribution >= 4 is 22.8 Å². The average molecular weight is 317 g/mol. The minimum absolute atomic E-state index is 0.0727. The van der Waals surface area contributed by atoms with E-state index < -0.39 is 5.97 Å². The second-order valence-electron chi connectivity index (χ2n) is 6.30. The summed E-state index contributed by atoms with van der Waals surface area (Å²) >= 11 is 0. The van der Waals surface area contributed by atoms with Crippen LogP contribution in [-0.4, -0.2) is 35.0 Å². The molecule has 0 saturated heterocycles. The van der Waals surface area contributed by atoms with E-state index in [1.807, 2.05) is 45.9 Å². The van der Waals surface area contributed by atoms with E-state index in [2.05, 4.69) is 0 Å². The van der Waals surface area contributed by atoms with Gasteiger partial charge < -0.3 is 14.4 Å². The van der Waals surface area contributed by atoms with Gasteiger partial charge in [-0.25, -0.2) is 0 Å². The number of fused-ring (bicyclic) bond motifs is 1. The Hall–Kier alpha value is -2.30. The molecule has 1 N–H and O–H groups in total. The number of amides is 1. The molecule has 2 aromatic rings. The van der Waals surface area contributed by atoms with E-state index in [9.17, 15) is 9.59 Å². The fourth-order valence-electron chi connectivity index (χ4n) is 2.68. The van der Waals surface area contributed by atoms with Crippen LogP contribution in [0.3, 0.4) is 0 Å². The highest BCUT2D eigenvalue weighted by Crippen LogP contribution is 2.28. The number of carbonyl (C=O) groups excluding carboxylic acids is 1. The summed E-state index contributed by atoms with van der Waals surface area (Å²) in [5.41, 5.74) is 2.50. The monoisotopic (exact) mass is 317 g/mol. The molecule has 0 spiro atoms. The van der Waals surface area contributed by atoms with E-state index in [1.165, 1.54) is 0 Å². The summed E-state index contributed by atoms with van der Waals surface area (Å²) in [6, 6.07) is 5.81. The maximum absolute atomic E-state index is 12.8. The van der Waals surface area contributed by atoms with Crippen LogP contribution in [0.2, 0.25) is 0 Å². The lowest BCUT2D eigenvalue weighted by Gasteiger charge is -2.23. The van der Waals surface area contributed by atoms with Crippen molar-refractivity contribution in [3.63, 3.8) is 0 Å². The predicted molar refractivity (Wildman–Crippen MR) is 88.7 cm³/mol. The van der Waals surface area contributed by atoms with Gasteiger partial charge in [0.05, 0.1) is 6.42 Å². The first-order valence-corrected chi connectivity index (χ1v) is 7.81. The zero-order chi connectivity index (χ0) is 17.1. The van der Waals surface area contributed by atoms with Gasteiger partial charge in [0.25, 0.3) is 5.91 Å². The number of carboxylic acid groups (broad SMARTS) is 1. The Balaban J connectivity index is 2.37. The van der Waals surface area contributed by atoms with Gasteiger partial charge in [-0.05, 0) is 25.3 Å². The van der Waals surface area contributed by atoms with E-state index in [0.29, 0.717) is 12.3 Å². The maximum Gasteiger partial charge on any atom is 0.305 e. The number of aryl methyl sites for hydroxylation is 2. The van der Waals surface area contributed by atoms with Crippen LogP contribution in [0.4, 0.5) is 0 Å². The van der Waals surface area contributed by atoms with Gasteiger partial charge in [-0.1, -0.05) is 32.0 Å². The summed E-state index contributed by atoms with van der Waals surface area (Å²) in [5.74, 6) is -0.601. The molecule has 5 nitrogen and oxygen atoms in total. The third-order valence-corrected chi connectivity index (χ3v) is 3.82. The Labute approximate surface area is 135 Å². The minimum atomic E-state index is -0.913. The molecule has 0 bridgehead atoms. The van der Waals surface area contributed by atoms with Gasteiger partial charge in [-0.2, -0.15) is 0 Å². The summed E-state index contributed by atoms with van der Waals surface area (Å²) in [4.78, 5) is 25.2. The van der Waals surface area contributed by atoms with Crippen molar-refractivity contribution in [2.24, 2.45) is 5.92 Å². The highest BCUT2D eigenvalue weighted by molar-refractivity contribution is 5.99. The van der Waals surface area contributed by atoms with Crippen molar-refractivity contribution in [2.75, 3.05) is 13.1 Å². The van der Waals surface area contributed by atoms with E-state index in [0.717, 1.165) is 22.1 Å². The highest BCUT2D eigenvalue weighted by Gasteiger charge is 2.24. The Bertz CT molecular complexity index is 730. The van der Waals surface area contributed by atoms with E-state index in [4.69, 9.17) is 9.52 Å². The minimum Gasteiger partial charge on any atom is -0.481 e. The zero-order valence-corrected chi connectivity index (χ0v) is 14.0. The molecular weight excluding hydrogens is 294 g/mol. The summed E-state index contributed by atoms with van der Waals surface area (Å²) in [5, 5.41) is 9.82. The smallest absolute Gasteiger partial charge is 0.305 e. The van der Waals surface area contributed by atoms with E-state index >= 15 is 0 Å². The van der Waals surface area contributed by atoms with Gasteiger partial charge in [0.2, 0.25) is 0 Å². The molecule has 1 aromatic heterocycles. The van der Waals surface area contributed by atoms with E-state index in [1.54, 1.807) is 4.90 Å². The van der Waals surface area contributed by atoms with Crippen LogP contribution >= 0.6 is 0 Å². The second kappa shape index (κ2) is 6.86. The fourth-order valence-corrected chi connectivity index (χ4v) is 2.68. The van der Waals surface area contributed by atoms with Gasteiger partial charge in [-0.3, -0.25) is 9.59 Å². The van der Waals surface area contributed by atoms with Crippen molar-refractivity contribution in [1.82, 2.24) is 4.90 Å². The number of rotatable bonds is 6. The van der Waals surface area contributed by atoms with Gasteiger partial charge in [0, 0.05) is 24.0 Å². The highest BCUT2D eigenvalue weighted by atomic mass is 16.4. The van der Waals surface area contributed by atoms with Crippen LogP contribution < -0.4 is 0 Å². The number of furan rings is 1. The fraction of sp³-hybridized carbons (Fsp3) is 0.444. The summed E-state index contributed by atoms with van der Waals surface area (Å²) in [7, 11) is 0. The quantitative estimate of drug-likeness (QED) is 0.883. The molecule has 0 aliphatic carbocycles. The molecule has 0 fully saturated rings. The van der Waals surface area contributed by atoms with Crippen molar-refractivity contribution in [2.45, 2.75) is 34.1 Å². The number of benzene rings is 1. The predicted octanol–water partition coefficient (Wildman–Crippen LogP) is 3.62. The van der Waals surface area contributed by atoms with Crippen LogP contribution in [0.5, 0.6) is 0 Å². The van der Waals surface area contributed by atoms with Crippen molar-refractivity contribution in [3.8, 4) is 0 Å². The number of hydrogen-bond acceptors (Lipinski definition) is 3. The Morgan fingerprint density at radius 1 is 1.26 bits per heavy atom. The maximum atomic E-state index is 12.8. The number of carboxylic acids is 1. The zero-order valence-electron chi connectivity index (χ0n) is 14.0. The number of carbonyl (C=O) groups is 2. The first-order valence-electron chi connectivity index (χ1n) is 7.81. The van der Waals surface area contributed by atoms with Crippen molar-refractivity contribution in [1.29, 1.82) is 0 Å². The van der Waals surface area contributed by atoms with Crippen LogP contribution in [0, 0.1) is 19.8 Å². The SMILES string of the molecule is Cc1c(C(=O)N(CCC(=O)O)CC(C)C)oc2c(C)cccc12. The summed E-state index contributed by atoms with van der Waals surface area (Å²) < 4.78 is 5.82. The molecule has 0 radical (unpaired) electrons. The third-order valence-electron chi connectivity index (χ3n) is 3.82. The first kappa shape index (κ1) is 17.1. The Morgan fingerprint density at radius 3 is 2.52 bits per heavy atom. The Kier molecular flexibility index (Phi) is 5.08.